The molecule has 0 bridgehead atoms. The van der Waals surface area contributed by atoms with Gasteiger partial charge in [-0.15, -0.1) is 0 Å². The van der Waals surface area contributed by atoms with Crippen molar-refractivity contribution in [3.8, 4) is 5.69 Å². The molecular formula is C44H31N3. The second kappa shape index (κ2) is 10.3. The summed E-state index contributed by atoms with van der Waals surface area (Å²) in [5, 5.41) is 12.7. The van der Waals surface area contributed by atoms with Crippen LogP contribution in [0, 0.1) is 0 Å². The van der Waals surface area contributed by atoms with Gasteiger partial charge in [0.15, 0.2) is 0 Å². The van der Waals surface area contributed by atoms with E-state index in [0.29, 0.717) is 0 Å². The van der Waals surface area contributed by atoms with Gasteiger partial charge in [0, 0.05) is 28.6 Å². The summed E-state index contributed by atoms with van der Waals surface area (Å²) in [4.78, 5) is 0. The zero-order valence-corrected chi connectivity index (χ0v) is 25.8. The molecule has 1 atom stereocenters. The lowest BCUT2D eigenvalue weighted by molar-refractivity contribution is 0.289. The van der Waals surface area contributed by atoms with Crippen LogP contribution in [0.3, 0.4) is 0 Å². The van der Waals surface area contributed by atoms with Crippen molar-refractivity contribution in [3.63, 3.8) is 0 Å². The number of anilines is 1. The van der Waals surface area contributed by atoms with Crippen molar-refractivity contribution in [3.05, 3.63) is 180 Å². The zero-order valence-electron chi connectivity index (χ0n) is 25.8. The minimum absolute atomic E-state index is 0.0897. The molecule has 0 radical (unpaired) electrons. The molecule has 0 spiro atoms. The molecule has 0 saturated carbocycles. The highest BCUT2D eigenvalue weighted by Crippen LogP contribution is 2.43. The lowest BCUT2D eigenvalue weighted by atomic mass is 9.93. The lowest BCUT2D eigenvalue weighted by Gasteiger charge is -2.26. The first kappa shape index (κ1) is 26.3. The van der Waals surface area contributed by atoms with Crippen LogP contribution >= 0.6 is 0 Å². The molecule has 3 nitrogen and oxygen atoms in total. The van der Waals surface area contributed by atoms with Crippen LogP contribution in [0.15, 0.2) is 164 Å². The fourth-order valence-electron chi connectivity index (χ4n) is 8.00. The minimum atomic E-state index is 0.0897. The average Bonchev–Trinajstić information content (AvgIpc) is 3.67. The van der Waals surface area contributed by atoms with Gasteiger partial charge < -0.3 is 9.99 Å². The smallest absolute Gasteiger partial charge is 0.0820 e. The first-order valence-corrected chi connectivity index (χ1v) is 16.3. The third-order valence-electron chi connectivity index (χ3n) is 10.0. The van der Waals surface area contributed by atoms with Crippen LogP contribution in [0.1, 0.15) is 22.7 Å². The van der Waals surface area contributed by atoms with Crippen LogP contribution in [0.4, 0.5) is 5.69 Å². The molecule has 1 unspecified atom stereocenters. The van der Waals surface area contributed by atoms with Gasteiger partial charge in [-0.3, -0.25) is 0 Å². The Morgan fingerprint density at radius 1 is 0.468 bits per heavy atom. The van der Waals surface area contributed by atoms with Crippen LogP contribution in [-0.4, -0.2) is 9.58 Å². The van der Waals surface area contributed by atoms with E-state index in [2.05, 4.69) is 179 Å². The van der Waals surface area contributed by atoms with Gasteiger partial charge in [0.05, 0.1) is 22.8 Å². The Kier molecular flexibility index (Phi) is 5.78. The van der Waals surface area contributed by atoms with Gasteiger partial charge >= 0.3 is 0 Å². The third kappa shape index (κ3) is 4.04. The van der Waals surface area contributed by atoms with Crippen molar-refractivity contribution in [2.24, 2.45) is 0 Å². The molecule has 10 rings (SSSR count). The SMILES string of the molecule is c1cc(CN2Nc3ccccc3C2c2cccc3ccccc23)cc(-n2c3ccc4ccccc4c3c3c4ccccc4ccc32)c1. The summed E-state index contributed by atoms with van der Waals surface area (Å²) in [6.07, 6.45) is 0. The normalized spacial score (nSPS) is 14.8. The summed E-state index contributed by atoms with van der Waals surface area (Å²) in [7, 11) is 0. The number of aromatic nitrogens is 1. The van der Waals surface area contributed by atoms with Crippen LogP contribution in [0.2, 0.25) is 0 Å². The molecule has 1 aliphatic heterocycles. The van der Waals surface area contributed by atoms with E-state index in [-0.39, 0.29) is 6.04 Å². The van der Waals surface area contributed by atoms with Gasteiger partial charge in [-0.1, -0.05) is 133 Å². The van der Waals surface area contributed by atoms with Crippen LogP contribution < -0.4 is 5.43 Å². The van der Waals surface area contributed by atoms with Crippen molar-refractivity contribution in [1.29, 1.82) is 0 Å². The van der Waals surface area contributed by atoms with E-state index in [1.807, 2.05) is 0 Å². The van der Waals surface area contributed by atoms with E-state index in [0.717, 1.165) is 6.54 Å². The number of benzene rings is 8. The predicted octanol–water partition coefficient (Wildman–Crippen LogP) is 11.2. The van der Waals surface area contributed by atoms with Gasteiger partial charge in [-0.05, 0) is 73.8 Å². The molecule has 222 valence electrons. The van der Waals surface area contributed by atoms with E-state index >= 15 is 0 Å². The van der Waals surface area contributed by atoms with Crippen LogP contribution in [0.25, 0.3) is 59.8 Å². The maximum absolute atomic E-state index is 3.78. The second-order valence-electron chi connectivity index (χ2n) is 12.7. The first-order chi connectivity index (χ1) is 23.3. The molecule has 0 amide bonds. The molecule has 8 aromatic carbocycles. The fourth-order valence-corrected chi connectivity index (χ4v) is 8.00. The van der Waals surface area contributed by atoms with E-state index in [1.165, 1.54) is 82.2 Å². The Morgan fingerprint density at radius 3 is 1.74 bits per heavy atom. The number of fused-ring (bicyclic) bond motifs is 9. The number of hydrogen-bond acceptors (Lipinski definition) is 2. The molecule has 9 aromatic rings. The predicted molar refractivity (Wildman–Crippen MR) is 197 cm³/mol. The monoisotopic (exact) mass is 601 g/mol. The molecule has 1 aromatic heterocycles. The number of para-hydroxylation sites is 1. The quantitative estimate of drug-likeness (QED) is 0.217. The Morgan fingerprint density at radius 2 is 1.02 bits per heavy atom. The maximum Gasteiger partial charge on any atom is 0.0820 e. The molecule has 0 fully saturated rings. The van der Waals surface area contributed by atoms with Crippen molar-refractivity contribution in [1.82, 2.24) is 9.58 Å². The largest absolute Gasteiger partial charge is 0.317 e. The summed E-state index contributed by atoms with van der Waals surface area (Å²) < 4.78 is 2.46. The van der Waals surface area contributed by atoms with Gasteiger partial charge in [0.25, 0.3) is 0 Å². The van der Waals surface area contributed by atoms with Crippen molar-refractivity contribution < 1.29 is 0 Å². The van der Waals surface area contributed by atoms with Gasteiger partial charge in [0.2, 0.25) is 0 Å². The molecule has 3 heteroatoms. The highest BCUT2D eigenvalue weighted by atomic mass is 15.5. The third-order valence-corrected chi connectivity index (χ3v) is 10.0. The van der Waals surface area contributed by atoms with E-state index in [1.54, 1.807) is 0 Å². The van der Waals surface area contributed by atoms with Crippen molar-refractivity contribution in [2.75, 3.05) is 5.43 Å². The minimum Gasteiger partial charge on any atom is -0.317 e. The molecule has 1 aliphatic rings. The summed E-state index contributed by atoms with van der Waals surface area (Å²) in [6.45, 7) is 0.749. The first-order valence-electron chi connectivity index (χ1n) is 16.3. The second-order valence-corrected chi connectivity index (χ2v) is 12.7. The molecule has 47 heavy (non-hydrogen) atoms. The van der Waals surface area contributed by atoms with E-state index < -0.39 is 0 Å². The molecule has 0 aliphatic carbocycles. The van der Waals surface area contributed by atoms with Crippen molar-refractivity contribution >= 4 is 59.8 Å². The number of nitrogens with one attached hydrogen (secondary N) is 1. The average molecular weight is 602 g/mol. The highest BCUT2D eigenvalue weighted by Gasteiger charge is 2.32. The van der Waals surface area contributed by atoms with Gasteiger partial charge in [0.1, 0.15) is 0 Å². The summed E-state index contributed by atoms with van der Waals surface area (Å²) in [5.41, 5.74) is 12.5. The number of hydrogen-bond donors (Lipinski definition) is 1. The Hall–Kier alpha value is -5.90. The fraction of sp³-hybridized carbons (Fsp3) is 0.0455. The Labute approximate surface area is 272 Å². The maximum atomic E-state index is 3.78. The van der Waals surface area contributed by atoms with Gasteiger partial charge in [-0.25, -0.2) is 5.01 Å². The van der Waals surface area contributed by atoms with E-state index in [4.69, 9.17) is 0 Å². The molecule has 0 saturated heterocycles. The van der Waals surface area contributed by atoms with Crippen LogP contribution in [0.5, 0.6) is 0 Å². The lowest BCUT2D eigenvalue weighted by Crippen LogP contribution is -2.28. The summed E-state index contributed by atoms with van der Waals surface area (Å²) in [6, 6.07) is 60.0. The number of hydrazine groups is 1. The Bertz CT molecular complexity index is 2570. The molecule has 2 heterocycles. The van der Waals surface area contributed by atoms with Crippen molar-refractivity contribution in [2.45, 2.75) is 12.6 Å². The number of rotatable bonds is 4. The Balaban J connectivity index is 1.14. The highest BCUT2D eigenvalue weighted by molar-refractivity contribution is 6.28. The summed E-state index contributed by atoms with van der Waals surface area (Å²) in [5.74, 6) is 0. The number of nitrogens with zero attached hydrogens (tertiary/aromatic N) is 2. The summed E-state index contributed by atoms with van der Waals surface area (Å²) >= 11 is 0. The topological polar surface area (TPSA) is 20.2 Å². The standard InChI is InChI=1S/C44H31N3/c1-4-17-34-30(12-1)15-10-21-37(34)44-38-20-7-8-22-39(38)45-46(44)28-29-11-9-16-33(27-29)47-40-25-23-31-13-2-5-18-35(31)42(40)43-36-19-6-3-14-32(36)24-26-41(43)47/h1-27,44-45H,28H2. The zero-order chi connectivity index (χ0) is 30.9. The van der Waals surface area contributed by atoms with E-state index in [9.17, 15) is 0 Å². The van der Waals surface area contributed by atoms with Crippen LogP contribution in [-0.2, 0) is 6.54 Å². The molecule has 1 N–H and O–H groups in total. The van der Waals surface area contributed by atoms with Gasteiger partial charge in [-0.2, -0.15) is 0 Å². The molecular weight excluding hydrogens is 571 g/mol.